The molecular weight excluding hydrogens is 196 g/mol. The lowest BCUT2D eigenvalue weighted by molar-refractivity contribution is -0.00312. The van der Waals surface area contributed by atoms with Gasteiger partial charge in [-0.2, -0.15) is 5.10 Å². The summed E-state index contributed by atoms with van der Waals surface area (Å²) in [6.07, 6.45) is 1.26. The normalized spacial score (nSPS) is 12.6. The second-order valence-corrected chi connectivity index (χ2v) is 4.47. The quantitative estimate of drug-likeness (QED) is 0.662. The van der Waals surface area contributed by atoms with Crippen LogP contribution in [0.2, 0.25) is 0 Å². The summed E-state index contributed by atoms with van der Waals surface area (Å²) in [5.41, 5.74) is -1.78. The minimum absolute atomic E-state index is 0.132. The Bertz CT molecular complexity index is 337. The molecule has 0 unspecified atom stereocenters. The fourth-order valence-electron chi connectivity index (χ4n) is 0.811. The van der Waals surface area contributed by atoms with Crippen molar-refractivity contribution in [1.82, 2.24) is 20.5 Å². The van der Waals surface area contributed by atoms with Crippen LogP contribution >= 0.6 is 0 Å². The predicted molar refractivity (Wildman–Crippen MR) is 54.2 cm³/mol. The summed E-state index contributed by atoms with van der Waals surface area (Å²) in [5, 5.41) is 18.5. The van der Waals surface area contributed by atoms with Crippen LogP contribution in [0.4, 0.5) is 0 Å². The zero-order valence-corrected chi connectivity index (χ0v) is 9.33. The lowest BCUT2D eigenvalue weighted by atomic mass is 9.86. The lowest BCUT2D eigenvalue weighted by Crippen LogP contribution is -2.57. The number of hydrogen-bond donors (Lipinski definition) is 3. The number of carbonyl (C=O) groups is 1. The Labute approximate surface area is 88.1 Å². The number of nitrogens with one attached hydrogen (secondary N) is 2. The van der Waals surface area contributed by atoms with Crippen molar-refractivity contribution in [3.63, 3.8) is 0 Å². The molecule has 0 aliphatic carbocycles. The minimum Gasteiger partial charge on any atom is -0.388 e. The Morgan fingerprint density at radius 1 is 1.47 bits per heavy atom. The van der Waals surface area contributed by atoms with Crippen molar-refractivity contribution in [3.8, 4) is 0 Å². The molecule has 0 aliphatic rings. The predicted octanol–water partition coefficient (Wildman–Crippen LogP) is 0.0840. The molecule has 0 spiro atoms. The molecule has 0 aliphatic heterocycles. The van der Waals surface area contributed by atoms with Crippen molar-refractivity contribution in [2.75, 3.05) is 0 Å². The van der Waals surface area contributed by atoms with Gasteiger partial charge in [0, 0.05) is 0 Å². The van der Waals surface area contributed by atoms with E-state index in [1.165, 1.54) is 6.33 Å². The summed E-state index contributed by atoms with van der Waals surface area (Å²) in [4.78, 5) is 15.3. The van der Waals surface area contributed by atoms with Gasteiger partial charge in [-0.1, -0.05) is 0 Å². The molecule has 0 aromatic carbocycles. The molecule has 6 heteroatoms. The van der Waals surface area contributed by atoms with E-state index in [1.807, 2.05) is 0 Å². The minimum atomic E-state index is -1.03. The van der Waals surface area contributed by atoms with E-state index in [4.69, 9.17) is 0 Å². The molecule has 84 valence electrons. The largest absolute Gasteiger partial charge is 0.388 e. The number of aromatic nitrogens is 3. The van der Waals surface area contributed by atoms with Gasteiger partial charge < -0.3 is 10.4 Å². The van der Waals surface area contributed by atoms with Crippen LogP contribution in [-0.2, 0) is 0 Å². The van der Waals surface area contributed by atoms with E-state index >= 15 is 0 Å². The van der Waals surface area contributed by atoms with Gasteiger partial charge in [-0.05, 0) is 27.7 Å². The smallest absolute Gasteiger partial charge is 0.289 e. The Morgan fingerprint density at radius 3 is 2.47 bits per heavy atom. The fraction of sp³-hybridized carbons (Fsp3) is 0.667. The Hall–Kier alpha value is -1.43. The topological polar surface area (TPSA) is 90.9 Å². The molecule has 0 fully saturated rings. The molecule has 6 nitrogen and oxygen atoms in total. The van der Waals surface area contributed by atoms with E-state index in [0.717, 1.165) is 0 Å². The number of amides is 1. The molecule has 0 bridgehead atoms. The van der Waals surface area contributed by atoms with Gasteiger partial charge in [0.25, 0.3) is 5.91 Å². The first-order valence-corrected chi connectivity index (χ1v) is 4.64. The van der Waals surface area contributed by atoms with Gasteiger partial charge in [0.1, 0.15) is 6.33 Å². The van der Waals surface area contributed by atoms with Crippen LogP contribution < -0.4 is 5.32 Å². The molecule has 3 N–H and O–H groups in total. The van der Waals surface area contributed by atoms with Crippen LogP contribution in [0.5, 0.6) is 0 Å². The third-order valence-electron chi connectivity index (χ3n) is 2.59. The van der Waals surface area contributed by atoms with E-state index in [1.54, 1.807) is 27.7 Å². The number of nitrogens with zero attached hydrogens (tertiary/aromatic N) is 2. The maximum absolute atomic E-state index is 11.6. The van der Waals surface area contributed by atoms with Crippen LogP contribution in [0.3, 0.4) is 0 Å². The van der Waals surface area contributed by atoms with Gasteiger partial charge >= 0.3 is 0 Å². The average Bonchev–Trinajstić information content (AvgIpc) is 2.51. The third kappa shape index (κ3) is 2.53. The van der Waals surface area contributed by atoms with Crippen molar-refractivity contribution in [1.29, 1.82) is 0 Å². The fourth-order valence-corrected chi connectivity index (χ4v) is 0.811. The molecule has 0 saturated heterocycles. The van der Waals surface area contributed by atoms with Crippen LogP contribution in [0.1, 0.15) is 38.3 Å². The molecule has 1 rings (SSSR count). The Kier molecular flexibility index (Phi) is 2.81. The summed E-state index contributed by atoms with van der Waals surface area (Å²) >= 11 is 0. The second kappa shape index (κ2) is 3.62. The SMILES string of the molecule is CC(C)(O)C(C)(C)NC(=O)c1ncn[nH]1. The van der Waals surface area contributed by atoms with Crippen molar-refractivity contribution in [2.45, 2.75) is 38.8 Å². The molecule has 1 heterocycles. The summed E-state index contributed by atoms with van der Waals surface area (Å²) in [6.45, 7) is 6.74. The van der Waals surface area contributed by atoms with E-state index in [-0.39, 0.29) is 11.7 Å². The van der Waals surface area contributed by atoms with Crippen LogP contribution in [0, 0.1) is 0 Å². The number of aliphatic hydroxyl groups is 1. The van der Waals surface area contributed by atoms with Gasteiger partial charge in [0.15, 0.2) is 0 Å². The van der Waals surface area contributed by atoms with Gasteiger partial charge in [-0.15, -0.1) is 0 Å². The summed E-state index contributed by atoms with van der Waals surface area (Å²) in [6, 6.07) is 0. The standard InChI is InChI=1S/C9H16N4O2/c1-8(2,9(3,4)15)12-7(14)6-10-5-11-13-6/h5,15H,1-4H3,(H,12,14)(H,10,11,13). The van der Waals surface area contributed by atoms with Gasteiger partial charge in [-0.3, -0.25) is 9.89 Å². The van der Waals surface area contributed by atoms with Gasteiger partial charge in [0.2, 0.25) is 5.82 Å². The highest BCUT2D eigenvalue weighted by molar-refractivity contribution is 5.90. The Morgan fingerprint density at radius 2 is 2.07 bits per heavy atom. The second-order valence-electron chi connectivity index (χ2n) is 4.47. The monoisotopic (exact) mass is 212 g/mol. The molecule has 0 radical (unpaired) electrons. The zero-order valence-electron chi connectivity index (χ0n) is 9.33. The first-order valence-electron chi connectivity index (χ1n) is 4.64. The number of H-pyrrole nitrogens is 1. The highest BCUT2D eigenvalue weighted by Crippen LogP contribution is 2.20. The molecule has 0 atom stereocenters. The Balaban J connectivity index is 2.75. The molecule has 1 aromatic rings. The maximum Gasteiger partial charge on any atom is 0.289 e. The highest BCUT2D eigenvalue weighted by atomic mass is 16.3. The van der Waals surface area contributed by atoms with E-state index in [0.29, 0.717) is 0 Å². The van der Waals surface area contributed by atoms with E-state index < -0.39 is 11.1 Å². The number of carbonyl (C=O) groups excluding carboxylic acids is 1. The third-order valence-corrected chi connectivity index (χ3v) is 2.59. The van der Waals surface area contributed by atoms with Crippen molar-refractivity contribution in [3.05, 3.63) is 12.2 Å². The molecule has 0 saturated carbocycles. The van der Waals surface area contributed by atoms with Crippen molar-refractivity contribution >= 4 is 5.91 Å². The van der Waals surface area contributed by atoms with Crippen molar-refractivity contribution in [2.24, 2.45) is 0 Å². The van der Waals surface area contributed by atoms with Gasteiger partial charge in [-0.25, -0.2) is 4.98 Å². The number of hydrogen-bond acceptors (Lipinski definition) is 4. The highest BCUT2D eigenvalue weighted by Gasteiger charge is 2.36. The average molecular weight is 212 g/mol. The number of aromatic amines is 1. The van der Waals surface area contributed by atoms with E-state index in [9.17, 15) is 9.90 Å². The van der Waals surface area contributed by atoms with Crippen LogP contribution in [-0.4, -0.2) is 37.3 Å². The summed E-state index contributed by atoms with van der Waals surface area (Å²) < 4.78 is 0. The van der Waals surface area contributed by atoms with E-state index in [2.05, 4.69) is 20.5 Å². The number of rotatable bonds is 3. The van der Waals surface area contributed by atoms with Crippen molar-refractivity contribution < 1.29 is 9.90 Å². The molecule has 15 heavy (non-hydrogen) atoms. The molecule has 1 amide bonds. The molecule has 1 aromatic heterocycles. The summed E-state index contributed by atoms with van der Waals surface area (Å²) in [7, 11) is 0. The lowest BCUT2D eigenvalue weighted by Gasteiger charge is -2.37. The van der Waals surface area contributed by atoms with Crippen LogP contribution in [0.15, 0.2) is 6.33 Å². The first-order chi connectivity index (χ1) is 6.74. The van der Waals surface area contributed by atoms with Crippen LogP contribution in [0.25, 0.3) is 0 Å². The zero-order chi connectivity index (χ0) is 11.7. The maximum atomic E-state index is 11.6. The van der Waals surface area contributed by atoms with Gasteiger partial charge in [0.05, 0.1) is 11.1 Å². The molecular formula is C9H16N4O2. The first kappa shape index (κ1) is 11.6. The summed E-state index contributed by atoms with van der Waals surface area (Å²) in [5.74, 6) is -0.257.